The molecule has 1 aliphatic heterocycles. The van der Waals surface area contributed by atoms with Crippen LogP contribution in [0.2, 0.25) is 0 Å². The molecule has 3 amide bonds. The first-order valence-corrected chi connectivity index (χ1v) is 14.4. The first-order valence-electron chi connectivity index (χ1n) is 14.4. The van der Waals surface area contributed by atoms with Gasteiger partial charge in [0.15, 0.2) is 0 Å². The molecule has 8 heteroatoms. The average molecular weight is 542 g/mol. The number of pyridine rings is 1. The third-order valence-electron chi connectivity index (χ3n) is 8.43. The zero-order valence-corrected chi connectivity index (χ0v) is 23.7. The van der Waals surface area contributed by atoms with Crippen LogP contribution < -0.4 is 10.6 Å². The molecule has 0 spiro atoms. The highest BCUT2D eigenvalue weighted by Crippen LogP contribution is 2.29. The molecule has 2 N–H and O–H groups in total. The number of carbonyl (C=O) groups is 3. The van der Waals surface area contributed by atoms with Crippen molar-refractivity contribution < 1.29 is 14.4 Å². The summed E-state index contributed by atoms with van der Waals surface area (Å²) in [6.45, 7) is 7.26. The smallest absolute Gasteiger partial charge is 0.268 e. The molecular weight excluding hydrogens is 502 g/mol. The standard InChI is InChI=1S/C32H39N5O3/c1-21-16-17-33-22(2)29(21)24-10-12-26(13-11-24)34-32(40)30(25-8-6-4-5-7-9-25)35-31(39)28-15-14-27-20-36(23(3)38)18-19-37(27)28/h10-17,25,30H,4-9,18-20H2,1-3H3,(H,34,40)(H,35,39)/t30-/m0/s1. The summed E-state index contributed by atoms with van der Waals surface area (Å²) in [7, 11) is 0. The van der Waals surface area contributed by atoms with Gasteiger partial charge in [0.05, 0.1) is 6.54 Å². The molecule has 0 saturated heterocycles. The van der Waals surface area contributed by atoms with Gasteiger partial charge in [-0.25, -0.2) is 0 Å². The monoisotopic (exact) mass is 541 g/mol. The van der Waals surface area contributed by atoms with Gasteiger partial charge < -0.3 is 20.1 Å². The molecule has 0 unspecified atom stereocenters. The molecule has 2 aromatic heterocycles. The number of hydrogen-bond acceptors (Lipinski definition) is 4. The molecule has 5 rings (SSSR count). The van der Waals surface area contributed by atoms with Crippen LogP contribution in [-0.4, -0.2) is 44.8 Å². The molecule has 3 aromatic rings. The number of benzene rings is 1. The van der Waals surface area contributed by atoms with Crippen molar-refractivity contribution in [2.45, 2.75) is 78.4 Å². The topological polar surface area (TPSA) is 96.3 Å². The number of fused-ring (bicyclic) bond motifs is 1. The van der Waals surface area contributed by atoms with Gasteiger partial charge in [-0.2, -0.15) is 0 Å². The predicted octanol–water partition coefficient (Wildman–Crippen LogP) is 5.24. The molecule has 2 aliphatic rings. The maximum absolute atomic E-state index is 13.7. The maximum Gasteiger partial charge on any atom is 0.268 e. The van der Waals surface area contributed by atoms with Gasteiger partial charge >= 0.3 is 0 Å². The Kier molecular flexibility index (Phi) is 8.33. The summed E-state index contributed by atoms with van der Waals surface area (Å²) in [6.07, 6.45) is 8.08. The zero-order valence-electron chi connectivity index (χ0n) is 23.7. The second kappa shape index (κ2) is 12.1. The van der Waals surface area contributed by atoms with E-state index in [9.17, 15) is 14.4 Å². The lowest BCUT2D eigenvalue weighted by Gasteiger charge is -2.29. The zero-order chi connectivity index (χ0) is 28.2. The molecule has 0 radical (unpaired) electrons. The van der Waals surface area contributed by atoms with Crippen LogP contribution in [0.4, 0.5) is 5.69 Å². The number of anilines is 1. The van der Waals surface area contributed by atoms with E-state index in [2.05, 4.69) is 22.5 Å². The summed E-state index contributed by atoms with van der Waals surface area (Å²) in [5, 5.41) is 6.19. The fourth-order valence-electron chi connectivity index (χ4n) is 6.20. The van der Waals surface area contributed by atoms with Crippen molar-refractivity contribution in [2.75, 3.05) is 11.9 Å². The van der Waals surface area contributed by atoms with Crippen molar-refractivity contribution >= 4 is 23.4 Å². The number of nitrogens with zero attached hydrogens (tertiary/aromatic N) is 3. The Labute approximate surface area is 236 Å². The maximum atomic E-state index is 13.7. The number of aryl methyl sites for hydroxylation is 2. The summed E-state index contributed by atoms with van der Waals surface area (Å²) in [5.41, 5.74) is 6.45. The van der Waals surface area contributed by atoms with Gasteiger partial charge in [0.1, 0.15) is 11.7 Å². The minimum Gasteiger partial charge on any atom is -0.339 e. The first-order chi connectivity index (χ1) is 19.3. The largest absolute Gasteiger partial charge is 0.339 e. The highest BCUT2D eigenvalue weighted by molar-refractivity contribution is 6.01. The van der Waals surface area contributed by atoms with Crippen LogP contribution in [0, 0.1) is 19.8 Å². The minimum absolute atomic E-state index is 0.0299. The quantitative estimate of drug-likeness (QED) is 0.418. The van der Waals surface area contributed by atoms with Crippen LogP contribution in [0.25, 0.3) is 11.1 Å². The Morgan fingerprint density at radius 2 is 1.65 bits per heavy atom. The van der Waals surface area contributed by atoms with Gasteiger partial charge in [-0.3, -0.25) is 19.4 Å². The Morgan fingerprint density at radius 1 is 0.925 bits per heavy atom. The molecule has 210 valence electrons. The van der Waals surface area contributed by atoms with Crippen LogP contribution in [0.1, 0.15) is 72.9 Å². The Balaban J connectivity index is 1.34. The van der Waals surface area contributed by atoms with Crippen LogP contribution >= 0.6 is 0 Å². The molecule has 3 heterocycles. The minimum atomic E-state index is -0.628. The fraction of sp³-hybridized carbons (Fsp3) is 0.438. The molecule has 1 aromatic carbocycles. The molecule has 8 nitrogen and oxygen atoms in total. The molecule has 40 heavy (non-hydrogen) atoms. The Bertz CT molecular complexity index is 1370. The van der Waals surface area contributed by atoms with Gasteiger partial charge in [-0.1, -0.05) is 37.8 Å². The van der Waals surface area contributed by atoms with E-state index in [1.807, 2.05) is 54.1 Å². The SMILES string of the molecule is CC(=O)N1CCn2c(ccc2C(=O)N[C@H](C(=O)Nc2ccc(-c3c(C)ccnc3C)cc2)C2CCCCCC2)C1. The number of nitrogens with one attached hydrogen (secondary N) is 2. The molecule has 1 atom stereocenters. The molecule has 1 fully saturated rings. The van der Waals surface area contributed by atoms with Crippen LogP contribution in [0.3, 0.4) is 0 Å². The van der Waals surface area contributed by atoms with Crippen molar-refractivity contribution in [1.82, 2.24) is 19.8 Å². The van der Waals surface area contributed by atoms with Crippen molar-refractivity contribution in [3.63, 3.8) is 0 Å². The van der Waals surface area contributed by atoms with Gasteiger partial charge in [0.25, 0.3) is 5.91 Å². The van der Waals surface area contributed by atoms with Crippen molar-refractivity contribution in [3.05, 3.63) is 71.3 Å². The second-order valence-electron chi connectivity index (χ2n) is 11.2. The number of aromatic nitrogens is 2. The summed E-state index contributed by atoms with van der Waals surface area (Å²) in [5.74, 6) is -0.322. The lowest BCUT2D eigenvalue weighted by atomic mass is 9.91. The third kappa shape index (κ3) is 5.96. The van der Waals surface area contributed by atoms with Gasteiger partial charge in [-0.15, -0.1) is 0 Å². The highest BCUT2D eigenvalue weighted by Gasteiger charge is 2.32. The van der Waals surface area contributed by atoms with E-state index < -0.39 is 6.04 Å². The highest BCUT2D eigenvalue weighted by atomic mass is 16.2. The van der Waals surface area contributed by atoms with Gasteiger partial charge in [0.2, 0.25) is 11.8 Å². The molecule has 0 bridgehead atoms. The average Bonchev–Trinajstić information content (AvgIpc) is 3.18. The normalized spacial score (nSPS) is 16.5. The molecular formula is C32H39N5O3. The van der Waals surface area contributed by atoms with Crippen molar-refractivity contribution in [2.24, 2.45) is 5.92 Å². The number of hydrogen-bond donors (Lipinski definition) is 2. The van der Waals surface area contributed by atoms with E-state index in [1.165, 1.54) is 0 Å². The Morgan fingerprint density at radius 3 is 2.33 bits per heavy atom. The summed E-state index contributed by atoms with van der Waals surface area (Å²) in [4.78, 5) is 45.3. The number of amides is 3. The number of rotatable bonds is 6. The van der Waals surface area contributed by atoms with E-state index in [0.717, 1.165) is 66.6 Å². The van der Waals surface area contributed by atoms with Crippen molar-refractivity contribution in [3.8, 4) is 11.1 Å². The van der Waals surface area contributed by atoms with Crippen LogP contribution in [-0.2, 0) is 22.7 Å². The lowest BCUT2D eigenvalue weighted by Crippen LogP contribution is -2.49. The first kappa shape index (κ1) is 27.6. The van der Waals surface area contributed by atoms with Crippen molar-refractivity contribution in [1.29, 1.82) is 0 Å². The third-order valence-corrected chi connectivity index (χ3v) is 8.43. The van der Waals surface area contributed by atoms with E-state index in [0.29, 0.717) is 31.0 Å². The Hall–Kier alpha value is -3.94. The summed E-state index contributed by atoms with van der Waals surface area (Å²) >= 11 is 0. The molecule has 1 saturated carbocycles. The van der Waals surface area contributed by atoms with E-state index in [4.69, 9.17) is 0 Å². The van der Waals surface area contributed by atoms with Crippen LogP contribution in [0.15, 0.2) is 48.7 Å². The molecule has 1 aliphatic carbocycles. The lowest BCUT2D eigenvalue weighted by molar-refractivity contribution is -0.130. The van der Waals surface area contributed by atoms with E-state index in [1.54, 1.807) is 17.9 Å². The summed E-state index contributed by atoms with van der Waals surface area (Å²) < 4.78 is 1.97. The number of carbonyl (C=O) groups excluding carboxylic acids is 3. The van der Waals surface area contributed by atoms with Gasteiger partial charge in [-0.05, 0) is 74.1 Å². The summed E-state index contributed by atoms with van der Waals surface area (Å²) in [6, 6.07) is 12.9. The van der Waals surface area contributed by atoms with E-state index in [-0.39, 0.29) is 23.6 Å². The van der Waals surface area contributed by atoms with Gasteiger partial charge in [0, 0.05) is 48.8 Å². The second-order valence-corrected chi connectivity index (χ2v) is 11.2. The van der Waals surface area contributed by atoms with E-state index >= 15 is 0 Å². The fourth-order valence-corrected chi connectivity index (χ4v) is 6.20. The van der Waals surface area contributed by atoms with Crippen LogP contribution in [0.5, 0.6) is 0 Å². The predicted molar refractivity (Wildman–Crippen MR) is 156 cm³/mol.